The first-order valence-electron chi connectivity index (χ1n) is 14.5. The molecule has 0 aromatic heterocycles. The van der Waals surface area contributed by atoms with Gasteiger partial charge in [0.25, 0.3) is 11.8 Å². The molecule has 0 bridgehead atoms. The minimum absolute atomic E-state index is 0.00148. The fraction of sp³-hybridized carbons (Fsp3) is 0.108. The number of ether oxygens (including phenoxy) is 2. The highest BCUT2D eigenvalue weighted by Crippen LogP contribution is 2.29. The Labute approximate surface area is 271 Å². The monoisotopic (exact) mass is 631 g/mol. The highest BCUT2D eigenvalue weighted by atomic mass is 32.2. The van der Waals surface area contributed by atoms with Crippen molar-refractivity contribution in [2.75, 3.05) is 24.9 Å². The summed E-state index contributed by atoms with van der Waals surface area (Å²) in [6.45, 7) is 1.83. The van der Waals surface area contributed by atoms with E-state index in [1.807, 2.05) is 55.5 Å². The number of benzene rings is 5. The fourth-order valence-corrected chi connectivity index (χ4v) is 5.59. The van der Waals surface area contributed by atoms with Gasteiger partial charge < -0.3 is 25.4 Å². The molecule has 46 heavy (non-hydrogen) atoms. The molecular formula is C37H33N3O5S. The Bertz CT molecular complexity index is 1910. The van der Waals surface area contributed by atoms with Crippen LogP contribution in [0.1, 0.15) is 22.8 Å². The number of nitrogens with one attached hydrogen (secondary N) is 3. The van der Waals surface area contributed by atoms with Gasteiger partial charge in [-0.15, -0.1) is 11.8 Å². The zero-order chi connectivity index (χ0) is 32.5. The molecule has 5 aromatic rings. The number of hydrogen-bond donors (Lipinski definition) is 3. The molecule has 232 valence electrons. The summed E-state index contributed by atoms with van der Waals surface area (Å²) in [6, 6.07) is 34.8. The number of hydrogen-bond acceptors (Lipinski definition) is 6. The highest BCUT2D eigenvalue weighted by molar-refractivity contribution is 8.00. The number of carbonyl (C=O) groups is 3. The van der Waals surface area contributed by atoms with Crippen LogP contribution in [0.25, 0.3) is 16.8 Å². The highest BCUT2D eigenvalue weighted by Gasteiger charge is 2.18. The molecule has 0 heterocycles. The molecule has 1 unspecified atom stereocenters. The quantitative estimate of drug-likeness (QED) is 0.104. The van der Waals surface area contributed by atoms with Crippen LogP contribution in [0.15, 0.2) is 126 Å². The minimum Gasteiger partial charge on any atom is -0.497 e. The van der Waals surface area contributed by atoms with Gasteiger partial charge in [0.2, 0.25) is 5.91 Å². The van der Waals surface area contributed by atoms with Crippen molar-refractivity contribution in [1.82, 2.24) is 5.32 Å². The Morgan fingerprint density at radius 1 is 0.717 bits per heavy atom. The van der Waals surface area contributed by atoms with Crippen LogP contribution >= 0.6 is 11.8 Å². The van der Waals surface area contributed by atoms with Crippen LogP contribution < -0.4 is 25.4 Å². The van der Waals surface area contributed by atoms with Gasteiger partial charge in [0.15, 0.2) is 0 Å². The van der Waals surface area contributed by atoms with Crippen LogP contribution in [0, 0.1) is 0 Å². The number of carbonyl (C=O) groups excluding carboxylic acids is 3. The number of anilines is 2. The van der Waals surface area contributed by atoms with Crippen molar-refractivity contribution in [3.8, 4) is 11.5 Å². The zero-order valence-electron chi connectivity index (χ0n) is 25.6. The van der Waals surface area contributed by atoms with Gasteiger partial charge in [0.05, 0.1) is 19.5 Å². The van der Waals surface area contributed by atoms with E-state index in [2.05, 4.69) is 16.0 Å². The SMILES string of the molecule is COc1ccc(OC)c(/C=C(/NC(=O)c2ccccc2)C(=O)Nc2cccc(SC(C)C(=O)Nc3ccc4ccccc4c3)c2)c1. The van der Waals surface area contributed by atoms with Gasteiger partial charge in [-0.1, -0.05) is 54.6 Å². The normalized spacial score (nSPS) is 11.8. The van der Waals surface area contributed by atoms with E-state index in [-0.39, 0.29) is 11.6 Å². The Morgan fingerprint density at radius 2 is 1.46 bits per heavy atom. The lowest BCUT2D eigenvalue weighted by molar-refractivity contribution is -0.115. The molecule has 1 atom stereocenters. The molecule has 0 saturated heterocycles. The van der Waals surface area contributed by atoms with Gasteiger partial charge in [-0.3, -0.25) is 14.4 Å². The second-order valence-corrected chi connectivity index (χ2v) is 11.7. The molecule has 0 aliphatic rings. The summed E-state index contributed by atoms with van der Waals surface area (Å²) >= 11 is 1.37. The molecule has 5 rings (SSSR count). The molecule has 9 heteroatoms. The lowest BCUT2D eigenvalue weighted by Gasteiger charge is -2.15. The van der Waals surface area contributed by atoms with E-state index in [1.165, 1.54) is 24.9 Å². The molecule has 3 amide bonds. The van der Waals surface area contributed by atoms with Crippen LogP contribution in [0.3, 0.4) is 0 Å². The third-order valence-electron chi connectivity index (χ3n) is 7.06. The van der Waals surface area contributed by atoms with E-state index in [9.17, 15) is 14.4 Å². The Hall–Kier alpha value is -5.54. The summed E-state index contributed by atoms with van der Waals surface area (Å²) in [5.41, 5.74) is 2.15. The van der Waals surface area contributed by atoms with E-state index in [1.54, 1.807) is 73.8 Å². The van der Waals surface area contributed by atoms with Gasteiger partial charge in [-0.2, -0.15) is 0 Å². The summed E-state index contributed by atoms with van der Waals surface area (Å²) in [5, 5.41) is 10.3. The summed E-state index contributed by atoms with van der Waals surface area (Å²) < 4.78 is 10.8. The van der Waals surface area contributed by atoms with Crippen molar-refractivity contribution in [2.45, 2.75) is 17.1 Å². The molecule has 5 aromatic carbocycles. The lowest BCUT2D eigenvalue weighted by Crippen LogP contribution is -2.30. The largest absolute Gasteiger partial charge is 0.497 e. The first kappa shape index (κ1) is 31.9. The van der Waals surface area contributed by atoms with Crippen LogP contribution in [0.5, 0.6) is 11.5 Å². The average Bonchev–Trinajstić information content (AvgIpc) is 3.08. The summed E-state index contributed by atoms with van der Waals surface area (Å²) in [7, 11) is 3.06. The van der Waals surface area contributed by atoms with Gasteiger partial charge in [-0.25, -0.2) is 0 Å². The number of fused-ring (bicyclic) bond motifs is 1. The van der Waals surface area contributed by atoms with Crippen LogP contribution in [0.4, 0.5) is 11.4 Å². The number of methoxy groups -OCH3 is 2. The van der Waals surface area contributed by atoms with Gasteiger partial charge in [-0.05, 0) is 84.4 Å². The molecule has 0 fully saturated rings. The fourth-order valence-electron chi connectivity index (χ4n) is 4.66. The third-order valence-corrected chi connectivity index (χ3v) is 8.15. The van der Waals surface area contributed by atoms with Crippen molar-refractivity contribution in [3.63, 3.8) is 0 Å². The second kappa shape index (κ2) is 15.0. The molecule has 0 radical (unpaired) electrons. The number of thioether (sulfide) groups is 1. The maximum Gasteiger partial charge on any atom is 0.272 e. The summed E-state index contributed by atoms with van der Waals surface area (Å²) in [6.07, 6.45) is 1.54. The Morgan fingerprint density at radius 3 is 2.22 bits per heavy atom. The van der Waals surface area contributed by atoms with Crippen LogP contribution in [0.2, 0.25) is 0 Å². The van der Waals surface area contributed by atoms with Gasteiger partial charge in [0, 0.05) is 27.4 Å². The van der Waals surface area contributed by atoms with Crippen molar-refractivity contribution in [1.29, 1.82) is 0 Å². The van der Waals surface area contributed by atoms with Crippen molar-refractivity contribution in [2.24, 2.45) is 0 Å². The van der Waals surface area contributed by atoms with Crippen molar-refractivity contribution in [3.05, 3.63) is 132 Å². The third kappa shape index (κ3) is 8.13. The lowest BCUT2D eigenvalue weighted by atomic mass is 10.1. The van der Waals surface area contributed by atoms with E-state index < -0.39 is 17.1 Å². The second-order valence-electron chi connectivity index (χ2n) is 10.3. The Kier molecular flexibility index (Phi) is 10.4. The van der Waals surface area contributed by atoms with Crippen LogP contribution in [-0.4, -0.2) is 37.2 Å². The molecular weight excluding hydrogens is 598 g/mol. The first-order chi connectivity index (χ1) is 22.3. The van der Waals surface area contributed by atoms with E-state index in [0.29, 0.717) is 28.3 Å². The molecule has 0 aliphatic carbocycles. The molecule has 8 nitrogen and oxygen atoms in total. The maximum atomic E-state index is 13.6. The van der Waals surface area contributed by atoms with Gasteiger partial charge >= 0.3 is 0 Å². The van der Waals surface area contributed by atoms with E-state index in [0.717, 1.165) is 21.4 Å². The van der Waals surface area contributed by atoms with Gasteiger partial charge in [0.1, 0.15) is 17.2 Å². The van der Waals surface area contributed by atoms with Crippen molar-refractivity contribution >= 4 is 57.7 Å². The number of rotatable bonds is 11. The molecule has 0 aliphatic heterocycles. The van der Waals surface area contributed by atoms with Crippen LogP contribution in [-0.2, 0) is 9.59 Å². The molecule has 3 N–H and O–H groups in total. The predicted molar refractivity (Wildman–Crippen MR) is 184 cm³/mol. The van der Waals surface area contributed by atoms with E-state index >= 15 is 0 Å². The predicted octanol–water partition coefficient (Wildman–Crippen LogP) is 7.39. The summed E-state index contributed by atoms with van der Waals surface area (Å²) in [4.78, 5) is 40.5. The van der Waals surface area contributed by atoms with E-state index in [4.69, 9.17) is 9.47 Å². The Balaban J connectivity index is 1.32. The average molecular weight is 632 g/mol. The molecule has 0 saturated carbocycles. The number of amides is 3. The minimum atomic E-state index is -0.543. The smallest absolute Gasteiger partial charge is 0.272 e. The summed E-state index contributed by atoms with van der Waals surface area (Å²) in [5.74, 6) is -0.0762. The first-order valence-corrected chi connectivity index (χ1v) is 15.4. The maximum absolute atomic E-state index is 13.6. The van der Waals surface area contributed by atoms with Crippen molar-refractivity contribution < 1.29 is 23.9 Å². The topological polar surface area (TPSA) is 106 Å². The molecule has 0 spiro atoms. The standard InChI is InChI=1S/C37H33N3O5S/c1-24(35(41)38-30-17-16-25-10-7-8-13-27(25)20-30)46-32-15-9-14-29(23-32)39-37(43)33(40-36(42)26-11-5-4-6-12-26)22-28-21-31(44-2)18-19-34(28)45-3/h4-24H,1-3H3,(H,38,41)(H,39,43)(H,40,42)/b33-22+. The zero-order valence-corrected chi connectivity index (χ0v) is 26.4.